The molecule has 8 heterocycles. The number of amidine groups is 2. The maximum Gasteiger partial charge on any atom is 0.223 e. The van der Waals surface area contributed by atoms with Gasteiger partial charge in [0, 0.05) is 95.7 Å². The minimum Gasteiger partial charge on any atom is -0.378 e. The van der Waals surface area contributed by atoms with Crippen molar-refractivity contribution in [3.63, 3.8) is 0 Å². The fourth-order valence-electron chi connectivity index (χ4n) is 14.8. The van der Waals surface area contributed by atoms with Crippen molar-refractivity contribution in [3.8, 4) is 0 Å². The minimum absolute atomic E-state index is 0.0909. The Kier molecular flexibility index (Phi) is 38.9. The number of piperazine rings is 2. The molecule has 6 N–H and O–H groups in total. The van der Waals surface area contributed by atoms with Gasteiger partial charge in [-0.1, -0.05) is 205 Å². The molecule has 17 nitrogen and oxygen atoms in total. The molecule has 2 aliphatic carbocycles. The monoisotopic (exact) mass is 1360 g/mol. The van der Waals surface area contributed by atoms with Crippen molar-refractivity contribution in [2.75, 3.05) is 105 Å². The van der Waals surface area contributed by atoms with Gasteiger partial charge < -0.3 is 46.4 Å². The van der Waals surface area contributed by atoms with E-state index in [2.05, 4.69) is 233 Å². The maximum absolute atomic E-state index is 12.4. The van der Waals surface area contributed by atoms with Gasteiger partial charge in [-0.2, -0.15) is 10.2 Å². The largest absolute Gasteiger partial charge is 0.378 e. The van der Waals surface area contributed by atoms with Crippen molar-refractivity contribution in [2.24, 2.45) is 97.4 Å². The van der Waals surface area contributed by atoms with Gasteiger partial charge in [0.2, 0.25) is 11.8 Å². The molecule has 97 heavy (non-hydrogen) atoms. The molecule has 0 aromatic heterocycles. The first-order valence-electron chi connectivity index (χ1n) is 39.4. The Labute approximate surface area is 597 Å². The highest BCUT2D eigenvalue weighted by atomic mass is 16.5. The van der Waals surface area contributed by atoms with Gasteiger partial charge >= 0.3 is 0 Å². The molecule has 2 saturated carbocycles. The fraction of sp³-hybridized carbons (Fsp3) is 0.950. The van der Waals surface area contributed by atoms with Crippen LogP contribution in [0.5, 0.6) is 0 Å². The summed E-state index contributed by atoms with van der Waals surface area (Å²) in [5.41, 5.74) is 3.18. The third-order valence-corrected chi connectivity index (χ3v) is 22.1. The third-order valence-electron chi connectivity index (χ3n) is 22.1. The van der Waals surface area contributed by atoms with Crippen LogP contribution < -0.4 is 31.9 Å². The summed E-state index contributed by atoms with van der Waals surface area (Å²) in [6, 6.07) is 1.80. The van der Waals surface area contributed by atoms with Crippen LogP contribution in [-0.4, -0.2) is 163 Å². The van der Waals surface area contributed by atoms with Gasteiger partial charge in [0.15, 0.2) is 13.3 Å². The number of piperidine rings is 2. The summed E-state index contributed by atoms with van der Waals surface area (Å²) in [4.78, 5) is 37.2. The van der Waals surface area contributed by atoms with Gasteiger partial charge in [-0.25, -0.2) is 9.98 Å². The smallest absolute Gasteiger partial charge is 0.223 e. The summed E-state index contributed by atoms with van der Waals surface area (Å²) < 4.78 is 5.35. The number of nitrogens with one attached hydrogen (secondary N) is 6. The predicted octanol–water partition coefficient (Wildman–Crippen LogP) is 17.0. The number of azo groups is 2. The number of nitrogens with zero attached hydrogens (tertiary/aromatic N) is 8. The lowest BCUT2D eigenvalue weighted by atomic mass is 9.72. The van der Waals surface area contributed by atoms with Crippen LogP contribution in [0.3, 0.4) is 0 Å². The molecule has 5 unspecified atom stereocenters. The van der Waals surface area contributed by atoms with Crippen LogP contribution in [-0.2, 0) is 14.3 Å². The molecule has 17 heteroatoms. The molecule has 0 spiro atoms. The van der Waals surface area contributed by atoms with Gasteiger partial charge in [-0.05, 0) is 164 Å². The van der Waals surface area contributed by atoms with Gasteiger partial charge in [0.25, 0.3) is 0 Å². The van der Waals surface area contributed by atoms with Crippen molar-refractivity contribution >= 4 is 23.5 Å². The average molecular weight is 1360 g/mol. The maximum atomic E-state index is 12.4. The van der Waals surface area contributed by atoms with E-state index < -0.39 is 0 Å². The lowest BCUT2D eigenvalue weighted by Crippen LogP contribution is -2.58. The Balaban J connectivity index is 0.000000295. The van der Waals surface area contributed by atoms with Crippen LogP contribution in [0.15, 0.2) is 30.4 Å². The molecule has 6 saturated heterocycles. The van der Waals surface area contributed by atoms with Gasteiger partial charge in [-0.3, -0.25) is 9.59 Å². The van der Waals surface area contributed by atoms with Gasteiger partial charge in [-0.15, -0.1) is 10.2 Å². The fourth-order valence-corrected chi connectivity index (χ4v) is 14.8. The number of amides is 2. The minimum atomic E-state index is 0.0909. The van der Waals surface area contributed by atoms with E-state index in [0.717, 1.165) is 107 Å². The molecular formula is C80H158N14O3. The second-order valence-electron chi connectivity index (χ2n) is 38.4. The normalized spacial score (nSPS) is 24.8. The van der Waals surface area contributed by atoms with Crippen LogP contribution in [0.1, 0.15) is 295 Å². The summed E-state index contributed by atoms with van der Waals surface area (Å²) in [5.74, 6) is 5.79. The number of carbonyl (C=O) groups is 2. The first-order chi connectivity index (χ1) is 45.1. The average Bonchev–Trinajstić information content (AvgIpc) is 1.74. The third kappa shape index (κ3) is 36.3. The highest BCUT2D eigenvalue weighted by molar-refractivity contribution is 5.88. The number of carbonyl (C=O) groups excluding carboxylic acids is 2. The van der Waals surface area contributed by atoms with Crippen LogP contribution in [0, 0.1) is 67.0 Å². The lowest BCUT2D eigenvalue weighted by Gasteiger charge is -2.43. The molecule has 0 aromatic rings. The summed E-state index contributed by atoms with van der Waals surface area (Å²) in [6.07, 6.45) is 24.7. The Morgan fingerprint density at radius 2 is 0.794 bits per heavy atom. The Hall–Kier alpha value is -2.80. The number of hydrogen-bond acceptors (Lipinski definition) is 15. The van der Waals surface area contributed by atoms with E-state index in [9.17, 15) is 9.59 Å². The first-order valence-corrected chi connectivity index (χ1v) is 39.4. The molecule has 8 aliphatic heterocycles. The van der Waals surface area contributed by atoms with Gasteiger partial charge in [0.05, 0.1) is 13.2 Å². The van der Waals surface area contributed by atoms with E-state index in [1.807, 2.05) is 4.90 Å². The van der Waals surface area contributed by atoms with E-state index in [0.29, 0.717) is 77.0 Å². The zero-order valence-electron chi connectivity index (χ0n) is 67.9. The van der Waals surface area contributed by atoms with E-state index in [4.69, 9.17) is 4.74 Å². The molecule has 0 aromatic carbocycles. The standard InChI is InChI=1S/C14H25N5O.C13H23N5O.C10H20.2C9H19N.C9H18.C8H17NO.C8H17N/c1-14(2,3)11-9-15-7-8-19(11)13(20)6-4-5-12-16-10-17-18-12;1-13(2,3)10-8-14-6-7-18(10)12(19)5-4-11-15-9-16-17-11;1-10(2,3)9-7-5-4-6-8-9;1-9(2,3)8-4-6-10-7-5-8;1-9(2,3)8-6-4-5-7-10-8;1-9(2,3)8-6-4-5-7-8;1-8(2,3)7-6-10-5-4-9-7;1-8(2,3)7-4-5-9-6-7/h11,15H,4-10H2,1-3H3;10,14H,4-9H2,1-3H3;9H,4-8H2,1-3H3;2*8,10H,4-7H2,1-3H3;8H,4-7H2,1-3H3;7,9H,4-6H2,1-3H3;7,9H,4-6H2,1-3H3. The van der Waals surface area contributed by atoms with Crippen LogP contribution in [0.2, 0.25) is 0 Å². The number of aliphatic imine (C=N–C) groups is 2. The van der Waals surface area contributed by atoms with E-state index in [-0.39, 0.29) is 34.7 Å². The molecule has 8 fully saturated rings. The Bertz CT molecular complexity index is 2120. The highest BCUT2D eigenvalue weighted by Crippen LogP contribution is 2.40. The van der Waals surface area contributed by atoms with Crippen LogP contribution >= 0.6 is 0 Å². The second kappa shape index (κ2) is 42.7. The topological polar surface area (TPSA) is 196 Å². The molecule has 2 amide bonds. The van der Waals surface area contributed by atoms with Crippen LogP contribution in [0.4, 0.5) is 0 Å². The zero-order valence-corrected chi connectivity index (χ0v) is 67.9. The lowest BCUT2D eigenvalue weighted by molar-refractivity contribution is -0.137. The number of morpholine rings is 1. The zero-order chi connectivity index (χ0) is 72.7. The Morgan fingerprint density at radius 1 is 0.392 bits per heavy atom. The molecule has 0 bridgehead atoms. The molecule has 566 valence electrons. The first kappa shape index (κ1) is 88.4. The van der Waals surface area contributed by atoms with Gasteiger partial charge in [0.1, 0.15) is 11.7 Å². The summed E-state index contributed by atoms with van der Waals surface area (Å²) >= 11 is 0. The van der Waals surface area contributed by atoms with E-state index in [1.54, 1.807) is 0 Å². The molecule has 10 aliphatic rings. The summed E-state index contributed by atoms with van der Waals surface area (Å²) in [6.45, 7) is 69.9. The van der Waals surface area contributed by atoms with Crippen molar-refractivity contribution < 1.29 is 14.3 Å². The SMILES string of the molecule is CC(C)(C)C1CCCC1.CC(C)(C)C1CCCCC1.CC(C)(C)C1CCCCN1.CC(C)(C)C1CCNC1.CC(C)(C)C1CCNCC1.CC(C)(C)C1CNCCN1C(=O)CCC1=NCN=N1.CC(C)(C)C1CNCCN1C(=O)CCCC1=NCN=N1.CC(C)(C)C1COCCN1. The summed E-state index contributed by atoms with van der Waals surface area (Å²) in [7, 11) is 0. The molecule has 0 radical (unpaired) electrons. The second-order valence-corrected chi connectivity index (χ2v) is 38.4. The van der Waals surface area contributed by atoms with Crippen molar-refractivity contribution in [3.05, 3.63) is 0 Å². The number of rotatable bonds is 7. The number of hydrogen-bond donors (Lipinski definition) is 6. The highest BCUT2D eigenvalue weighted by Gasteiger charge is 2.37. The molecular weight excluding hydrogens is 1200 g/mol. The molecule has 10 rings (SSSR count). The van der Waals surface area contributed by atoms with Crippen molar-refractivity contribution in [1.82, 2.24) is 41.7 Å². The Morgan fingerprint density at radius 3 is 1.12 bits per heavy atom. The summed E-state index contributed by atoms with van der Waals surface area (Å²) in [5, 5.41) is 36.0. The van der Waals surface area contributed by atoms with E-state index in [1.165, 1.54) is 129 Å². The predicted molar refractivity (Wildman–Crippen MR) is 413 cm³/mol. The van der Waals surface area contributed by atoms with Crippen LogP contribution in [0.25, 0.3) is 0 Å². The quantitative estimate of drug-likeness (QED) is 0.144. The van der Waals surface area contributed by atoms with Crippen molar-refractivity contribution in [1.29, 1.82) is 0 Å². The number of ether oxygens (including phenoxy) is 1. The molecule has 5 atom stereocenters. The van der Waals surface area contributed by atoms with Crippen molar-refractivity contribution in [2.45, 2.75) is 319 Å². The van der Waals surface area contributed by atoms with E-state index >= 15 is 0 Å².